The molecule has 21 heavy (non-hydrogen) atoms. The second-order valence-electron chi connectivity index (χ2n) is 7.27. The van der Waals surface area contributed by atoms with Crippen molar-refractivity contribution in [1.29, 1.82) is 0 Å². The van der Waals surface area contributed by atoms with E-state index in [-0.39, 0.29) is 20.9 Å². The van der Waals surface area contributed by atoms with Crippen LogP contribution in [-0.4, -0.2) is 20.9 Å². The molecule has 1 aromatic rings. The fourth-order valence-corrected chi connectivity index (χ4v) is 5.02. The summed E-state index contributed by atoms with van der Waals surface area (Å²) in [6.07, 6.45) is 7.75. The van der Waals surface area contributed by atoms with Crippen molar-refractivity contribution in [1.82, 2.24) is 0 Å². The average molecular weight is 396 g/mol. The molecule has 0 heterocycles. The van der Waals surface area contributed by atoms with Crippen molar-refractivity contribution in [2.75, 3.05) is 0 Å². The molecule has 1 fully saturated rings. The van der Waals surface area contributed by atoms with Gasteiger partial charge in [0.25, 0.3) is 0 Å². The van der Waals surface area contributed by atoms with Crippen LogP contribution in [0.25, 0.3) is 6.08 Å². The molecule has 0 spiro atoms. The Labute approximate surface area is 140 Å². The van der Waals surface area contributed by atoms with Gasteiger partial charge in [-0.3, -0.25) is 0 Å². The predicted octanol–water partition coefficient (Wildman–Crippen LogP) is 5.79. The second kappa shape index (κ2) is 7.66. The molecule has 0 nitrogen and oxygen atoms in total. The molecule has 0 radical (unpaired) electrons. The molecule has 1 heteroatoms. The first-order chi connectivity index (χ1) is 9.95. The zero-order chi connectivity index (χ0) is 15.3. The summed E-state index contributed by atoms with van der Waals surface area (Å²) in [6.45, 7) is 9.32. The fraction of sp³-hybridized carbons (Fsp3) is 0.500. The minimum atomic E-state index is -0.101. The summed E-state index contributed by atoms with van der Waals surface area (Å²) in [5.74, 6) is 0.915. The summed E-state index contributed by atoms with van der Waals surface area (Å²) in [5.41, 5.74) is 4.89. The van der Waals surface area contributed by atoms with Gasteiger partial charge in [0, 0.05) is 0 Å². The maximum absolute atomic E-state index is 2.58. The normalized spacial score (nSPS) is 20.0. The molecule has 0 atom stereocenters. The first-order valence-electron chi connectivity index (χ1n) is 8.02. The number of rotatable bonds is 3. The third-order valence-electron chi connectivity index (χ3n) is 4.50. The van der Waals surface area contributed by atoms with Gasteiger partial charge in [-0.15, -0.1) is 0 Å². The molecule has 0 unspecified atom stereocenters. The topological polar surface area (TPSA) is 0 Å². The van der Waals surface area contributed by atoms with Crippen LogP contribution < -0.4 is 0 Å². The van der Waals surface area contributed by atoms with Crippen LogP contribution in [-0.2, 0) is 0 Å². The van der Waals surface area contributed by atoms with E-state index in [0.29, 0.717) is 5.41 Å². The van der Waals surface area contributed by atoms with E-state index in [2.05, 4.69) is 66.3 Å². The summed E-state index contributed by atoms with van der Waals surface area (Å²) in [6, 6.07) is 8.79. The van der Waals surface area contributed by atoms with Gasteiger partial charge < -0.3 is 0 Å². The Kier molecular flexibility index (Phi) is 6.15. The van der Waals surface area contributed by atoms with Gasteiger partial charge >= 0.3 is 141 Å². The first-order valence-corrected chi connectivity index (χ1v) is 10.7. The Hall–Kier alpha value is -0.510. The number of hydrogen-bond acceptors (Lipinski definition) is 0. The van der Waals surface area contributed by atoms with Crippen molar-refractivity contribution in [3.05, 3.63) is 49.2 Å². The van der Waals surface area contributed by atoms with Crippen molar-refractivity contribution in [2.45, 2.75) is 53.4 Å². The number of allylic oxidation sites excluding steroid dienone is 1. The Morgan fingerprint density at radius 2 is 1.67 bits per heavy atom. The van der Waals surface area contributed by atoms with E-state index in [9.17, 15) is 0 Å². The van der Waals surface area contributed by atoms with Crippen molar-refractivity contribution in [3.8, 4) is 0 Å². The van der Waals surface area contributed by atoms with E-state index in [1.165, 1.54) is 36.8 Å². The standard InChI is InChI=1S/C20H28Te/c1-16-5-7-17(8-6-16)13-14-21-15-18-9-11-19(12-10-18)20(2,3)4/h5-8,13-15,19H,9-12H2,1-4H3/b14-13+,18-15?. The zero-order valence-electron chi connectivity index (χ0n) is 13.9. The summed E-state index contributed by atoms with van der Waals surface area (Å²) in [5, 5.41) is 0. The molecule has 0 N–H and O–H groups in total. The monoisotopic (exact) mass is 398 g/mol. The Balaban J connectivity index is 1.79. The van der Waals surface area contributed by atoms with Crippen LogP contribution in [0, 0.1) is 18.3 Å². The molecular weight excluding hydrogens is 368 g/mol. The van der Waals surface area contributed by atoms with Crippen LogP contribution in [0.15, 0.2) is 38.1 Å². The van der Waals surface area contributed by atoms with Crippen molar-refractivity contribution < 1.29 is 0 Å². The predicted molar refractivity (Wildman–Crippen MR) is 95.5 cm³/mol. The molecular formula is C20H28Te. The van der Waals surface area contributed by atoms with E-state index >= 15 is 0 Å². The third kappa shape index (κ3) is 5.65. The summed E-state index contributed by atoms with van der Waals surface area (Å²) >= 11 is -0.101. The van der Waals surface area contributed by atoms with Crippen molar-refractivity contribution >= 4 is 27.0 Å². The number of hydrogen-bond donors (Lipinski definition) is 0. The van der Waals surface area contributed by atoms with Gasteiger partial charge in [-0.2, -0.15) is 0 Å². The van der Waals surface area contributed by atoms with E-state index in [1.807, 2.05) is 0 Å². The van der Waals surface area contributed by atoms with Crippen LogP contribution in [0.2, 0.25) is 0 Å². The Bertz CT molecular complexity index is 490. The number of aryl methyl sites for hydroxylation is 1. The molecule has 114 valence electrons. The maximum atomic E-state index is 2.58. The summed E-state index contributed by atoms with van der Waals surface area (Å²) < 4.78 is 4.99. The second-order valence-corrected chi connectivity index (χ2v) is 9.49. The SMILES string of the molecule is Cc1ccc(/C=C/[Te]C=C2CCC(C(C)(C)C)CC2)cc1. The van der Waals surface area contributed by atoms with Crippen LogP contribution in [0.1, 0.15) is 57.6 Å². The van der Waals surface area contributed by atoms with Crippen LogP contribution in [0.5, 0.6) is 0 Å². The minimum absolute atomic E-state index is 0.101. The van der Waals surface area contributed by atoms with E-state index < -0.39 is 0 Å². The quantitative estimate of drug-likeness (QED) is 0.568. The molecule has 0 saturated heterocycles. The molecule has 1 aliphatic rings. The van der Waals surface area contributed by atoms with E-state index in [4.69, 9.17) is 0 Å². The third-order valence-corrected chi connectivity index (χ3v) is 6.68. The van der Waals surface area contributed by atoms with Gasteiger partial charge in [0.05, 0.1) is 0 Å². The molecule has 2 rings (SSSR count). The van der Waals surface area contributed by atoms with Crippen molar-refractivity contribution in [2.24, 2.45) is 11.3 Å². The summed E-state index contributed by atoms with van der Waals surface area (Å²) in [7, 11) is 0. The van der Waals surface area contributed by atoms with E-state index in [0.717, 1.165) is 5.92 Å². The zero-order valence-corrected chi connectivity index (χ0v) is 16.2. The van der Waals surface area contributed by atoms with Gasteiger partial charge in [0.1, 0.15) is 0 Å². The summed E-state index contributed by atoms with van der Waals surface area (Å²) in [4.78, 5) is 0. The molecule has 1 aromatic carbocycles. The Morgan fingerprint density at radius 1 is 1.05 bits per heavy atom. The van der Waals surface area contributed by atoms with Crippen LogP contribution in [0.3, 0.4) is 0 Å². The van der Waals surface area contributed by atoms with Crippen LogP contribution >= 0.6 is 0 Å². The fourth-order valence-electron chi connectivity index (χ4n) is 2.90. The van der Waals surface area contributed by atoms with Gasteiger partial charge in [0.2, 0.25) is 0 Å². The van der Waals surface area contributed by atoms with Gasteiger partial charge in [-0.1, -0.05) is 0 Å². The molecule has 1 saturated carbocycles. The molecule has 0 aromatic heterocycles. The molecule has 1 aliphatic carbocycles. The van der Waals surface area contributed by atoms with Crippen molar-refractivity contribution in [3.63, 3.8) is 0 Å². The van der Waals surface area contributed by atoms with Crippen LogP contribution in [0.4, 0.5) is 0 Å². The van der Waals surface area contributed by atoms with E-state index in [1.54, 1.807) is 5.57 Å². The average Bonchev–Trinajstić information content (AvgIpc) is 2.45. The van der Waals surface area contributed by atoms with Gasteiger partial charge in [-0.25, -0.2) is 0 Å². The number of benzene rings is 1. The molecule has 0 bridgehead atoms. The molecule has 0 aliphatic heterocycles. The Morgan fingerprint density at radius 3 is 2.24 bits per heavy atom. The molecule has 0 amide bonds. The van der Waals surface area contributed by atoms with Gasteiger partial charge in [0.15, 0.2) is 0 Å². The first kappa shape index (κ1) is 16.9. The van der Waals surface area contributed by atoms with Gasteiger partial charge in [-0.05, 0) is 0 Å².